The van der Waals surface area contributed by atoms with Crippen molar-refractivity contribution >= 4 is 16.9 Å². The normalized spacial score (nSPS) is 19.3. The lowest BCUT2D eigenvalue weighted by Gasteiger charge is -2.46. The molecule has 1 aliphatic rings. The Hall–Kier alpha value is -2.47. The minimum Gasteiger partial charge on any atom is -0.358 e. The molecule has 27 heavy (non-hydrogen) atoms. The van der Waals surface area contributed by atoms with Gasteiger partial charge in [0.25, 0.3) is 0 Å². The number of H-pyrrole nitrogens is 1. The fourth-order valence-electron chi connectivity index (χ4n) is 4.51. The van der Waals surface area contributed by atoms with E-state index in [4.69, 9.17) is 4.98 Å². The van der Waals surface area contributed by atoms with Crippen molar-refractivity contribution in [1.29, 1.82) is 0 Å². The largest absolute Gasteiger partial charge is 0.358 e. The van der Waals surface area contributed by atoms with Crippen molar-refractivity contribution in [3.63, 3.8) is 0 Å². The first kappa shape index (κ1) is 17.9. The Morgan fingerprint density at radius 2 is 1.85 bits per heavy atom. The molecule has 5 nitrogen and oxygen atoms in total. The number of benzene rings is 1. The molecule has 2 aromatic heterocycles. The lowest BCUT2D eigenvalue weighted by molar-refractivity contribution is 0.170. The van der Waals surface area contributed by atoms with Gasteiger partial charge in [0, 0.05) is 40.5 Å². The van der Waals surface area contributed by atoms with Crippen LogP contribution in [0.2, 0.25) is 0 Å². The summed E-state index contributed by atoms with van der Waals surface area (Å²) < 4.78 is 14.0. The summed E-state index contributed by atoms with van der Waals surface area (Å²) in [5, 5.41) is 8.02. The molecule has 3 aromatic rings. The van der Waals surface area contributed by atoms with Gasteiger partial charge in [0.15, 0.2) is 0 Å². The van der Waals surface area contributed by atoms with Crippen LogP contribution in [0.15, 0.2) is 36.7 Å². The van der Waals surface area contributed by atoms with Gasteiger partial charge in [-0.05, 0) is 52.7 Å². The summed E-state index contributed by atoms with van der Waals surface area (Å²) in [5.74, 6) is 0.349. The highest BCUT2D eigenvalue weighted by molar-refractivity contribution is 5.94. The van der Waals surface area contributed by atoms with Crippen molar-refractivity contribution in [3.05, 3.63) is 42.5 Å². The van der Waals surface area contributed by atoms with E-state index in [0.29, 0.717) is 11.5 Å². The molecule has 0 atom stereocenters. The van der Waals surface area contributed by atoms with Crippen LogP contribution in [0.25, 0.3) is 22.2 Å². The molecule has 3 heterocycles. The maximum absolute atomic E-state index is 14.0. The van der Waals surface area contributed by atoms with Crippen LogP contribution >= 0.6 is 0 Å². The summed E-state index contributed by atoms with van der Waals surface area (Å²) in [7, 11) is 0. The van der Waals surface area contributed by atoms with E-state index in [1.807, 2.05) is 12.1 Å². The number of piperidine rings is 1. The summed E-state index contributed by atoms with van der Waals surface area (Å²) in [6.07, 6.45) is 5.53. The molecular formula is C21H26FN5. The topological polar surface area (TPSA) is 65.6 Å². The molecule has 0 amide bonds. The third-order valence-electron chi connectivity index (χ3n) is 5.12. The van der Waals surface area contributed by atoms with Crippen LogP contribution in [-0.2, 0) is 0 Å². The number of hydrogen-bond donors (Lipinski definition) is 3. The lowest BCUT2D eigenvalue weighted by atomic mass is 9.80. The van der Waals surface area contributed by atoms with E-state index in [-0.39, 0.29) is 22.9 Å². The molecule has 4 rings (SSSR count). The molecule has 1 saturated heterocycles. The first-order valence-electron chi connectivity index (χ1n) is 9.37. The Balaban J connectivity index is 1.62. The summed E-state index contributed by atoms with van der Waals surface area (Å²) >= 11 is 0. The van der Waals surface area contributed by atoms with Crippen molar-refractivity contribution in [2.75, 3.05) is 5.32 Å². The highest BCUT2D eigenvalue weighted by Gasteiger charge is 2.37. The number of hydrogen-bond acceptors (Lipinski definition) is 4. The average molecular weight is 367 g/mol. The number of fused-ring (bicyclic) bond motifs is 1. The first-order chi connectivity index (χ1) is 12.7. The molecule has 0 bridgehead atoms. The summed E-state index contributed by atoms with van der Waals surface area (Å²) in [4.78, 5) is 12.1. The minimum atomic E-state index is -0.259. The van der Waals surface area contributed by atoms with Gasteiger partial charge >= 0.3 is 0 Å². The summed E-state index contributed by atoms with van der Waals surface area (Å²) in [6.45, 7) is 8.89. The number of halogens is 1. The lowest BCUT2D eigenvalue weighted by Crippen LogP contribution is -2.60. The number of aromatic nitrogens is 3. The number of anilines is 1. The molecule has 1 aromatic carbocycles. The van der Waals surface area contributed by atoms with E-state index >= 15 is 0 Å². The fourth-order valence-corrected chi connectivity index (χ4v) is 4.51. The monoisotopic (exact) mass is 367 g/mol. The van der Waals surface area contributed by atoms with Gasteiger partial charge in [0.2, 0.25) is 5.95 Å². The van der Waals surface area contributed by atoms with Gasteiger partial charge in [0.1, 0.15) is 5.82 Å². The van der Waals surface area contributed by atoms with Crippen LogP contribution in [0.3, 0.4) is 0 Å². The number of rotatable bonds is 3. The van der Waals surface area contributed by atoms with Gasteiger partial charge in [-0.15, -0.1) is 0 Å². The van der Waals surface area contributed by atoms with E-state index in [2.05, 4.69) is 48.3 Å². The van der Waals surface area contributed by atoms with Crippen LogP contribution in [0.4, 0.5) is 10.3 Å². The zero-order valence-corrected chi connectivity index (χ0v) is 16.2. The van der Waals surface area contributed by atoms with Gasteiger partial charge in [-0.3, -0.25) is 0 Å². The SMILES string of the molecule is CC1(C)CC(Nc2nccc(-c3c[nH]c4c(F)cccc34)n2)CC(C)(C)N1. The molecule has 0 aliphatic carbocycles. The van der Waals surface area contributed by atoms with Gasteiger partial charge in [-0.25, -0.2) is 14.4 Å². The number of para-hydroxylation sites is 1. The van der Waals surface area contributed by atoms with Crippen molar-refractivity contribution in [3.8, 4) is 11.3 Å². The van der Waals surface area contributed by atoms with Gasteiger partial charge in [-0.1, -0.05) is 12.1 Å². The maximum atomic E-state index is 14.0. The minimum absolute atomic E-state index is 0.0470. The van der Waals surface area contributed by atoms with Crippen molar-refractivity contribution in [2.45, 2.75) is 57.7 Å². The highest BCUT2D eigenvalue weighted by Crippen LogP contribution is 2.31. The summed E-state index contributed by atoms with van der Waals surface area (Å²) in [6, 6.07) is 7.21. The Bertz CT molecular complexity index is 960. The summed E-state index contributed by atoms with van der Waals surface area (Å²) in [5.41, 5.74) is 2.25. The Labute approximate surface area is 158 Å². The zero-order chi connectivity index (χ0) is 19.2. The van der Waals surface area contributed by atoms with E-state index in [1.54, 1.807) is 18.5 Å². The molecule has 0 saturated carbocycles. The predicted octanol–water partition coefficient (Wildman–Crippen LogP) is 4.49. The Kier molecular flexibility index (Phi) is 4.18. The van der Waals surface area contributed by atoms with Crippen LogP contribution in [0.1, 0.15) is 40.5 Å². The van der Waals surface area contributed by atoms with Gasteiger partial charge in [-0.2, -0.15) is 0 Å². The molecule has 3 N–H and O–H groups in total. The third-order valence-corrected chi connectivity index (χ3v) is 5.12. The molecule has 6 heteroatoms. The highest BCUT2D eigenvalue weighted by atomic mass is 19.1. The van der Waals surface area contributed by atoms with Crippen molar-refractivity contribution in [1.82, 2.24) is 20.3 Å². The van der Waals surface area contributed by atoms with Crippen LogP contribution < -0.4 is 10.6 Å². The van der Waals surface area contributed by atoms with Gasteiger partial charge in [0.05, 0.1) is 11.2 Å². The van der Waals surface area contributed by atoms with Crippen LogP contribution in [0, 0.1) is 5.82 Å². The number of nitrogens with zero attached hydrogens (tertiary/aromatic N) is 2. The molecule has 1 aliphatic heterocycles. The van der Waals surface area contributed by atoms with E-state index in [1.165, 1.54) is 6.07 Å². The molecule has 0 spiro atoms. The maximum Gasteiger partial charge on any atom is 0.223 e. The second-order valence-corrected chi connectivity index (χ2v) is 8.77. The zero-order valence-electron chi connectivity index (χ0n) is 16.2. The second-order valence-electron chi connectivity index (χ2n) is 8.77. The van der Waals surface area contributed by atoms with E-state index < -0.39 is 0 Å². The average Bonchev–Trinajstić information content (AvgIpc) is 2.97. The third kappa shape index (κ3) is 3.67. The first-order valence-corrected chi connectivity index (χ1v) is 9.37. The molecule has 0 unspecified atom stereocenters. The van der Waals surface area contributed by atoms with Crippen LogP contribution in [0.5, 0.6) is 0 Å². The molecule has 142 valence electrons. The molecule has 0 radical (unpaired) electrons. The predicted molar refractivity (Wildman–Crippen MR) is 107 cm³/mol. The van der Waals surface area contributed by atoms with Crippen molar-refractivity contribution in [2.24, 2.45) is 0 Å². The van der Waals surface area contributed by atoms with Crippen LogP contribution in [-0.4, -0.2) is 32.1 Å². The number of aromatic amines is 1. The molecular weight excluding hydrogens is 341 g/mol. The van der Waals surface area contributed by atoms with E-state index in [9.17, 15) is 4.39 Å². The number of nitrogens with one attached hydrogen (secondary N) is 3. The van der Waals surface area contributed by atoms with E-state index in [0.717, 1.165) is 29.5 Å². The second kappa shape index (κ2) is 6.30. The van der Waals surface area contributed by atoms with Gasteiger partial charge < -0.3 is 15.6 Å². The standard InChI is InChI=1S/C21H26FN5/c1-20(2)10-13(11-21(3,4)27-20)25-19-23-9-8-17(26-19)15-12-24-18-14(15)6-5-7-16(18)22/h5-9,12-13,24,27H,10-11H2,1-4H3,(H,23,25,26). The fraction of sp³-hybridized carbons (Fsp3) is 0.429. The Morgan fingerprint density at radius 1 is 1.11 bits per heavy atom. The smallest absolute Gasteiger partial charge is 0.223 e. The molecule has 1 fully saturated rings. The quantitative estimate of drug-likeness (QED) is 0.638. The Morgan fingerprint density at radius 3 is 2.59 bits per heavy atom. The van der Waals surface area contributed by atoms with Crippen molar-refractivity contribution < 1.29 is 4.39 Å².